The second-order valence-electron chi connectivity index (χ2n) is 5.91. The van der Waals surface area contributed by atoms with Gasteiger partial charge >= 0.3 is 0 Å². The highest BCUT2D eigenvalue weighted by Gasteiger charge is 2.35. The van der Waals surface area contributed by atoms with Crippen molar-refractivity contribution in [3.05, 3.63) is 60.1 Å². The Hall–Kier alpha value is -2.60. The zero-order chi connectivity index (χ0) is 16.9. The van der Waals surface area contributed by atoms with E-state index in [1.165, 1.54) is 0 Å². The van der Waals surface area contributed by atoms with E-state index in [0.29, 0.717) is 18.8 Å². The van der Waals surface area contributed by atoms with E-state index in [2.05, 4.69) is 5.32 Å². The van der Waals surface area contributed by atoms with Gasteiger partial charge in [-0.25, -0.2) is 0 Å². The molecular formula is C18H20N2O4. The smallest absolute Gasteiger partial charge is 0.225 e. The Balaban J connectivity index is 1.60. The Morgan fingerprint density at radius 2 is 2.08 bits per heavy atom. The van der Waals surface area contributed by atoms with Crippen LogP contribution in [0.1, 0.15) is 23.8 Å². The molecule has 0 aliphatic carbocycles. The summed E-state index contributed by atoms with van der Waals surface area (Å²) in [4.78, 5) is 26.2. The lowest BCUT2D eigenvalue weighted by atomic mass is 10.0. The molecule has 2 N–H and O–H groups in total. The molecule has 24 heavy (non-hydrogen) atoms. The summed E-state index contributed by atoms with van der Waals surface area (Å²) in [6.45, 7) is 0.544. The van der Waals surface area contributed by atoms with Gasteiger partial charge in [0.15, 0.2) is 0 Å². The number of hydrogen-bond donors (Lipinski definition) is 2. The zero-order valence-corrected chi connectivity index (χ0v) is 13.2. The van der Waals surface area contributed by atoms with Crippen molar-refractivity contribution in [1.82, 2.24) is 10.2 Å². The lowest BCUT2D eigenvalue weighted by molar-refractivity contribution is -0.129. The molecule has 1 aliphatic heterocycles. The van der Waals surface area contributed by atoms with E-state index in [-0.39, 0.29) is 24.8 Å². The molecule has 6 nitrogen and oxygen atoms in total. The quantitative estimate of drug-likeness (QED) is 0.841. The van der Waals surface area contributed by atoms with Crippen LogP contribution in [-0.4, -0.2) is 35.0 Å². The molecule has 2 atom stereocenters. The molecule has 2 heterocycles. The second-order valence-corrected chi connectivity index (χ2v) is 5.91. The summed E-state index contributed by atoms with van der Waals surface area (Å²) in [6.07, 6.45) is 1.74. The first-order valence-corrected chi connectivity index (χ1v) is 7.93. The molecule has 6 heteroatoms. The van der Waals surface area contributed by atoms with Gasteiger partial charge in [0, 0.05) is 13.0 Å². The van der Waals surface area contributed by atoms with E-state index >= 15 is 0 Å². The van der Waals surface area contributed by atoms with Gasteiger partial charge in [-0.1, -0.05) is 30.3 Å². The fraction of sp³-hybridized carbons (Fsp3) is 0.333. The SMILES string of the molecule is O=C(N[C@H](CO)c1ccccc1)C1CC(=O)N(Cc2ccco2)C1. The molecule has 0 saturated carbocycles. The molecule has 1 unspecified atom stereocenters. The first kappa shape index (κ1) is 16.3. The molecule has 0 radical (unpaired) electrons. The lowest BCUT2D eigenvalue weighted by Gasteiger charge is -2.19. The van der Waals surface area contributed by atoms with Gasteiger partial charge in [0.2, 0.25) is 11.8 Å². The maximum Gasteiger partial charge on any atom is 0.225 e. The molecule has 1 saturated heterocycles. The maximum atomic E-state index is 12.5. The van der Waals surface area contributed by atoms with Crippen molar-refractivity contribution in [2.45, 2.75) is 19.0 Å². The first-order chi connectivity index (χ1) is 11.7. The second kappa shape index (κ2) is 7.31. The minimum absolute atomic E-state index is 0.0631. The molecule has 1 aliphatic rings. The van der Waals surface area contributed by atoms with E-state index < -0.39 is 12.0 Å². The van der Waals surface area contributed by atoms with Crippen molar-refractivity contribution in [2.75, 3.05) is 13.2 Å². The molecule has 0 spiro atoms. The summed E-state index contributed by atoms with van der Waals surface area (Å²) in [5.74, 6) is 0.00663. The topological polar surface area (TPSA) is 82.8 Å². The van der Waals surface area contributed by atoms with Gasteiger partial charge in [-0.05, 0) is 17.7 Å². The third-order valence-electron chi connectivity index (χ3n) is 4.21. The molecule has 0 bridgehead atoms. The van der Waals surface area contributed by atoms with Crippen molar-refractivity contribution in [2.24, 2.45) is 5.92 Å². The van der Waals surface area contributed by atoms with Crippen LogP contribution >= 0.6 is 0 Å². The number of benzene rings is 1. The summed E-state index contributed by atoms with van der Waals surface area (Å²) >= 11 is 0. The summed E-state index contributed by atoms with van der Waals surface area (Å²) < 4.78 is 5.25. The number of amides is 2. The molecular weight excluding hydrogens is 308 g/mol. The van der Waals surface area contributed by atoms with E-state index in [1.807, 2.05) is 30.3 Å². The summed E-state index contributed by atoms with van der Waals surface area (Å²) in [6, 6.07) is 12.4. The molecule has 2 amide bonds. The van der Waals surface area contributed by atoms with E-state index in [0.717, 1.165) is 5.56 Å². The summed E-state index contributed by atoms with van der Waals surface area (Å²) in [5.41, 5.74) is 0.838. The van der Waals surface area contributed by atoms with E-state index in [1.54, 1.807) is 23.3 Å². The van der Waals surface area contributed by atoms with Crippen LogP contribution in [0.5, 0.6) is 0 Å². The first-order valence-electron chi connectivity index (χ1n) is 7.93. The van der Waals surface area contributed by atoms with Crippen LogP contribution in [0, 0.1) is 5.92 Å². The fourth-order valence-corrected chi connectivity index (χ4v) is 2.90. The van der Waals surface area contributed by atoms with Crippen molar-refractivity contribution in [1.29, 1.82) is 0 Å². The third-order valence-corrected chi connectivity index (χ3v) is 4.21. The van der Waals surface area contributed by atoms with Crippen molar-refractivity contribution in [3.8, 4) is 0 Å². The molecule has 1 aromatic carbocycles. The standard InChI is InChI=1S/C18H20N2O4/c21-12-16(13-5-2-1-3-6-13)19-18(23)14-9-17(22)20(10-14)11-15-7-4-8-24-15/h1-8,14,16,21H,9-12H2,(H,19,23)/t14?,16-/m1/s1. The largest absolute Gasteiger partial charge is 0.467 e. The summed E-state index contributed by atoms with van der Waals surface area (Å²) in [7, 11) is 0. The number of nitrogens with one attached hydrogen (secondary N) is 1. The number of furan rings is 1. The molecule has 2 aromatic rings. The highest BCUT2D eigenvalue weighted by molar-refractivity contribution is 5.89. The minimum Gasteiger partial charge on any atom is -0.467 e. The number of nitrogens with zero attached hydrogens (tertiary/aromatic N) is 1. The number of carbonyl (C=O) groups is 2. The Kier molecular flexibility index (Phi) is 4.96. The number of rotatable bonds is 6. The van der Waals surface area contributed by atoms with Crippen LogP contribution < -0.4 is 5.32 Å². The minimum atomic E-state index is -0.465. The number of likely N-dealkylation sites (tertiary alicyclic amines) is 1. The fourth-order valence-electron chi connectivity index (χ4n) is 2.90. The molecule has 3 rings (SSSR count). The van der Waals surface area contributed by atoms with E-state index in [9.17, 15) is 14.7 Å². The van der Waals surface area contributed by atoms with Crippen molar-refractivity contribution < 1.29 is 19.1 Å². The van der Waals surface area contributed by atoms with E-state index in [4.69, 9.17) is 4.42 Å². The number of hydrogen-bond acceptors (Lipinski definition) is 4. The average Bonchev–Trinajstić information content (AvgIpc) is 3.24. The molecule has 126 valence electrons. The van der Waals surface area contributed by atoms with Crippen molar-refractivity contribution in [3.63, 3.8) is 0 Å². The van der Waals surface area contributed by atoms with Crippen LogP contribution in [0.25, 0.3) is 0 Å². The predicted octanol–water partition coefficient (Wildman–Crippen LogP) is 1.48. The molecule has 1 aromatic heterocycles. The zero-order valence-electron chi connectivity index (χ0n) is 13.2. The van der Waals surface area contributed by atoms with Gasteiger partial charge in [0.1, 0.15) is 5.76 Å². The highest BCUT2D eigenvalue weighted by atomic mass is 16.3. The van der Waals surface area contributed by atoms with Gasteiger partial charge in [-0.3, -0.25) is 9.59 Å². The average molecular weight is 328 g/mol. The van der Waals surface area contributed by atoms with Gasteiger partial charge in [0.25, 0.3) is 0 Å². The third kappa shape index (κ3) is 3.65. The maximum absolute atomic E-state index is 12.5. The van der Waals surface area contributed by atoms with Crippen LogP contribution in [0.3, 0.4) is 0 Å². The number of aliphatic hydroxyl groups is 1. The van der Waals surface area contributed by atoms with Gasteiger partial charge in [-0.2, -0.15) is 0 Å². The van der Waals surface area contributed by atoms with Crippen LogP contribution in [-0.2, 0) is 16.1 Å². The Labute approximate surface area is 140 Å². The number of carbonyl (C=O) groups excluding carboxylic acids is 2. The normalized spacial score (nSPS) is 18.6. The Morgan fingerprint density at radius 3 is 2.75 bits per heavy atom. The van der Waals surface area contributed by atoms with Crippen LogP contribution in [0.2, 0.25) is 0 Å². The predicted molar refractivity (Wildman–Crippen MR) is 86.6 cm³/mol. The van der Waals surface area contributed by atoms with Crippen molar-refractivity contribution >= 4 is 11.8 Å². The van der Waals surface area contributed by atoms with Crippen LogP contribution in [0.15, 0.2) is 53.1 Å². The van der Waals surface area contributed by atoms with Gasteiger partial charge in [0.05, 0.1) is 31.4 Å². The van der Waals surface area contributed by atoms with Crippen LogP contribution in [0.4, 0.5) is 0 Å². The highest BCUT2D eigenvalue weighted by Crippen LogP contribution is 2.22. The Morgan fingerprint density at radius 1 is 1.29 bits per heavy atom. The lowest BCUT2D eigenvalue weighted by Crippen LogP contribution is -2.36. The van der Waals surface area contributed by atoms with Gasteiger partial charge in [-0.15, -0.1) is 0 Å². The van der Waals surface area contributed by atoms with Gasteiger partial charge < -0.3 is 19.7 Å². The Bertz CT molecular complexity index is 684. The monoisotopic (exact) mass is 328 g/mol. The molecule has 1 fully saturated rings. The summed E-state index contributed by atoms with van der Waals surface area (Å²) in [5, 5.41) is 12.4. The number of aliphatic hydroxyl groups excluding tert-OH is 1.